The summed E-state index contributed by atoms with van der Waals surface area (Å²) in [5.74, 6) is 1.24. The summed E-state index contributed by atoms with van der Waals surface area (Å²) in [5.41, 5.74) is 1.68. The van der Waals surface area contributed by atoms with Gasteiger partial charge < -0.3 is 10.1 Å². The highest BCUT2D eigenvalue weighted by atomic mass is 16.5. The van der Waals surface area contributed by atoms with Crippen molar-refractivity contribution in [1.29, 1.82) is 0 Å². The molecule has 3 heterocycles. The van der Waals surface area contributed by atoms with Crippen LogP contribution in [-0.4, -0.2) is 42.5 Å². The number of amides is 1. The number of benzene rings is 1. The molecule has 1 aromatic carbocycles. The quantitative estimate of drug-likeness (QED) is 0.534. The summed E-state index contributed by atoms with van der Waals surface area (Å²) in [6, 6.07) is 12.6. The third kappa shape index (κ3) is 4.30. The van der Waals surface area contributed by atoms with E-state index in [4.69, 9.17) is 4.74 Å². The van der Waals surface area contributed by atoms with Gasteiger partial charge in [0.15, 0.2) is 5.69 Å². The molecule has 0 aliphatic heterocycles. The Morgan fingerprint density at radius 1 is 1.03 bits per heavy atom. The fourth-order valence-corrected chi connectivity index (χ4v) is 2.89. The normalized spacial score (nSPS) is 11.4. The minimum absolute atomic E-state index is 0.213. The second-order valence-corrected chi connectivity index (χ2v) is 7.92. The maximum absolute atomic E-state index is 12.9. The first-order valence-corrected chi connectivity index (χ1v) is 9.74. The van der Waals surface area contributed by atoms with Crippen molar-refractivity contribution >= 4 is 11.7 Å². The van der Waals surface area contributed by atoms with Crippen molar-refractivity contribution in [1.82, 2.24) is 29.5 Å². The van der Waals surface area contributed by atoms with E-state index in [1.54, 1.807) is 42.5 Å². The molecule has 9 heteroatoms. The van der Waals surface area contributed by atoms with Crippen LogP contribution in [0.2, 0.25) is 0 Å². The SMILES string of the molecule is COc1ccc(-n2ccc(C(=O)Nc3cc(C(C)(C)C)nn3-c3ncccn3)n2)cc1. The summed E-state index contributed by atoms with van der Waals surface area (Å²) in [6.07, 6.45) is 4.99. The van der Waals surface area contributed by atoms with Gasteiger partial charge in [-0.05, 0) is 36.4 Å². The summed E-state index contributed by atoms with van der Waals surface area (Å²) in [6.45, 7) is 6.15. The van der Waals surface area contributed by atoms with Crippen molar-refractivity contribution in [3.63, 3.8) is 0 Å². The number of nitrogens with one attached hydrogen (secondary N) is 1. The highest BCUT2D eigenvalue weighted by molar-refractivity contribution is 6.02. The second-order valence-electron chi connectivity index (χ2n) is 7.92. The Labute approximate surface area is 179 Å². The number of carbonyl (C=O) groups excluding carboxylic acids is 1. The largest absolute Gasteiger partial charge is 0.497 e. The van der Waals surface area contributed by atoms with Crippen molar-refractivity contribution in [2.45, 2.75) is 26.2 Å². The molecular formula is C22H23N7O2. The predicted molar refractivity (Wildman–Crippen MR) is 116 cm³/mol. The summed E-state index contributed by atoms with van der Waals surface area (Å²) in [5, 5.41) is 11.9. The fourth-order valence-electron chi connectivity index (χ4n) is 2.89. The lowest BCUT2D eigenvalue weighted by Gasteiger charge is -2.13. The molecule has 0 aliphatic carbocycles. The Kier molecular flexibility index (Phi) is 5.24. The Morgan fingerprint density at radius 3 is 2.39 bits per heavy atom. The van der Waals surface area contributed by atoms with Gasteiger partial charge in [-0.25, -0.2) is 14.6 Å². The van der Waals surface area contributed by atoms with Crippen LogP contribution in [0.1, 0.15) is 37.0 Å². The predicted octanol–water partition coefficient (Wildman–Crippen LogP) is 3.41. The van der Waals surface area contributed by atoms with Crippen LogP contribution in [0.4, 0.5) is 5.82 Å². The molecule has 0 saturated heterocycles. The number of methoxy groups -OCH3 is 1. The van der Waals surface area contributed by atoms with Crippen molar-refractivity contribution in [3.05, 3.63) is 72.4 Å². The molecule has 31 heavy (non-hydrogen) atoms. The number of ether oxygens (including phenoxy) is 1. The maximum Gasteiger partial charge on any atom is 0.277 e. The number of hydrogen-bond donors (Lipinski definition) is 1. The van der Waals surface area contributed by atoms with E-state index in [1.807, 2.05) is 51.1 Å². The zero-order valence-corrected chi connectivity index (χ0v) is 17.8. The van der Waals surface area contributed by atoms with Gasteiger partial charge in [0.25, 0.3) is 11.9 Å². The van der Waals surface area contributed by atoms with Crippen molar-refractivity contribution in [2.24, 2.45) is 0 Å². The highest BCUT2D eigenvalue weighted by Crippen LogP contribution is 2.25. The molecule has 0 aliphatic rings. The number of hydrogen-bond acceptors (Lipinski definition) is 6. The van der Waals surface area contributed by atoms with Gasteiger partial charge in [0.1, 0.15) is 11.6 Å². The molecule has 0 spiro atoms. The van der Waals surface area contributed by atoms with E-state index in [0.717, 1.165) is 17.1 Å². The molecular weight excluding hydrogens is 394 g/mol. The minimum atomic E-state index is -0.357. The molecule has 3 aromatic heterocycles. The lowest BCUT2D eigenvalue weighted by atomic mass is 9.92. The molecule has 0 unspecified atom stereocenters. The van der Waals surface area contributed by atoms with Crippen LogP contribution in [0, 0.1) is 0 Å². The van der Waals surface area contributed by atoms with Gasteiger partial charge in [-0.2, -0.15) is 14.9 Å². The number of nitrogens with zero attached hydrogens (tertiary/aromatic N) is 6. The lowest BCUT2D eigenvalue weighted by molar-refractivity contribution is 0.102. The molecule has 4 rings (SSSR count). The van der Waals surface area contributed by atoms with E-state index in [9.17, 15) is 4.79 Å². The number of anilines is 1. The van der Waals surface area contributed by atoms with Gasteiger partial charge in [-0.1, -0.05) is 20.8 Å². The molecule has 4 aromatic rings. The van der Waals surface area contributed by atoms with Crippen LogP contribution in [0.15, 0.2) is 61.1 Å². The summed E-state index contributed by atoms with van der Waals surface area (Å²) < 4.78 is 8.33. The standard InChI is InChI=1S/C22H23N7O2/c1-22(2,3)18-14-19(29(27-18)21-23-11-5-12-24-21)25-20(30)17-10-13-28(26-17)15-6-8-16(31-4)9-7-15/h5-14H,1-4H3,(H,25,30). The zero-order valence-electron chi connectivity index (χ0n) is 17.8. The van der Waals surface area contributed by atoms with Gasteiger partial charge in [0.2, 0.25) is 0 Å². The molecule has 0 saturated carbocycles. The Balaban J connectivity index is 1.61. The molecule has 1 N–H and O–H groups in total. The van der Waals surface area contributed by atoms with E-state index < -0.39 is 0 Å². The maximum atomic E-state index is 12.9. The first-order valence-electron chi connectivity index (χ1n) is 9.74. The second kappa shape index (κ2) is 8.02. The Morgan fingerprint density at radius 2 is 1.74 bits per heavy atom. The Bertz CT molecular complexity index is 1190. The Hall–Kier alpha value is -4.01. The van der Waals surface area contributed by atoms with Gasteiger partial charge >= 0.3 is 0 Å². The van der Waals surface area contributed by atoms with Crippen LogP contribution in [0.3, 0.4) is 0 Å². The first kappa shape index (κ1) is 20.3. The minimum Gasteiger partial charge on any atom is -0.497 e. The van der Waals surface area contributed by atoms with Crippen LogP contribution in [0.5, 0.6) is 5.75 Å². The molecule has 158 valence electrons. The van der Waals surface area contributed by atoms with Gasteiger partial charge in [-0.15, -0.1) is 0 Å². The van der Waals surface area contributed by atoms with E-state index in [-0.39, 0.29) is 17.0 Å². The lowest BCUT2D eigenvalue weighted by Crippen LogP contribution is -2.17. The van der Waals surface area contributed by atoms with E-state index >= 15 is 0 Å². The first-order chi connectivity index (χ1) is 14.8. The van der Waals surface area contributed by atoms with Crippen LogP contribution < -0.4 is 10.1 Å². The molecule has 0 radical (unpaired) electrons. The molecule has 0 bridgehead atoms. The number of aromatic nitrogens is 6. The summed E-state index contributed by atoms with van der Waals surface area (Å²) >= 11 is 0. The van der Waals surface area contributed by atoms with E-state index in [1.165, 1.54) is 4.68 Å². The van der Waals surface area contributed by atoms with Crippen LogP contribution in [0.25, 0.3) is 11.6 Å². The summed E-state index contributed by atoms with van der Waals surface area (Å²) in [4.78, 5) is 21.4. The van der Waals surface area contributed by atoms with Crippen molar-refractivity contribution in [2.75, 3.05) is 12.4 Å². The van der Waals surface area contributed by atoms with E-state index in [0.29, 0.717) is 11.8 Å². The third-order valence-corrected chi connectivity index (χ3v) is 4.62. The van der Waals surface area contributed by atoms with Crippen LogP contribution in [-0.2, 0) is 5.41 Å². The molecule has 9 nitrogen and oxygen atoms in total. The van der Waals surface area contributed by atoms with Crippen LogP contribution >= 0.6 is 0 Å². The topological polar surface area (TPSA) is 99.8 Å². The van der Waals surface area contributed by atoms with Crippen molar-refractivity contribution < 1.29 is 9.53 Å². The molecule has 0 atom stereocenters. The van der Waals surface area contributed by atoms with Gasteiger partial charge in [-0.3, -0.25) is 4.79 Å². The summed E-state index contributed by atoms with van der Waals surface area (Å²) in [7, 11) is 1.61. The molecule has 0 fully saturated rings. The fraction of sp³-hybridized carbons (Fsp3) is 0.227. The monoisotopic (exact) mass is 417 g/mol. The van der Waals surface area contributed by atoms with Gasteiger partial charge in [0.05, 0.1) is 18.5 Å². The van der Waals surface area contributed by atoms with E-state index in [2.05, 4.69) is 25.5 Å². The number of carbonyl (C=O) groups is 1. The number of rotatable bonds is 5. The highest BCUT2D eigenvalue weighted by Gasteiger charge is 2.23. The average Bonchev–Trinajstić information content (AvgIpc) is 3.42. The van der Waals surface area contributed by atoms with Crippen molar-refractivity contribution in [3.8, 4) is 17.4 Å². The smallest absolute Gasteiger partial charge is 0.277 e. The average molecular weight is 417 g/mol. The zero-order chi connectivity index (χ0) is 22.0. The molecule has 1 amide bonds. The van der Waals surface area contributed by atoms with Gasteiger partial charge in [0, 0.05) is 30.1 Å². The third-order valence-electron chi connectivity index (χ3n) is 4.62.